The van der Waals surface area contributed by atoms with E-state index >= 15 is 0 Å². The van der Waals surface area contributed by atoms with Crippen LogP contribution in [0.1, 0.15) is 32.1 Å². The molecule has 7 heteroatoms. The summed E-state index contributed by atoms with van der Waals surface area (Å²) in [6.45, 7) is 0.267. The lowest BCUT2D eigenvalue weighted by Gasteiger charge is -2.27. The lowest BCUT2D eigenvalue weighted by Crippen LogP contribution is -2.54. The maximum absolute atomic E-state index is 12.6. The predicted octanol–water partition coefficient (Wildman–Crippen LogP) is 2.32. The van der Waals surface area contributed by atoms with E-state index in [0.29, 0.717) is 12.8 Å². The molecular weight excluding hydrogens is 376 g/mol. The van der Waals surface area contributed by atoms with Gasteiger partial charge in [-0.3, -0.25) is 9.59 Å². The second kappa shape index (κ2) is 6.55. The summed E-state index contributed by atoms with van der Waals surface area (Å²) in [7, 11) is 0. The number of carboxylic acid groups (broad SMARTS) is 1. The van der Waals surface area contributed by atoms with E-state index in [1.54, 1.807) is 4.90 Å². The minimum absolute atomic E-state index is 0.100. The number of carbonyl (C=O) groups is 3. The molecule has 1 unspecified atom stereocenters. The third-order valence-corrected chi connectivity index (χ3v) is 5.54. The Balaban J connectivity index is 1.73. The van der Waals surface area contributed by atoms with Gasteiger partial charge in [-0.05, 0) is 40.9 Å². The van der Waals surface area contributed by atoms with E-state index in [2.05, 4.69) is 21.2 Å². The molecule has 2 aliphatic rings. The van der Waals surface area contributed by atoms with Crippen LogP contribution in [0.5, 0.6) is 0 Å². The molecule has 2 fully saturated rings. The maximum Gasteiger partial charge on any atom is 0.329 e. The first kappa shape index (κ1) is 17.0. The number of rotatable bonds is 4. The van der Waals surface area contributed by atoms with E-state index in [4.69, 9.17) is 0 Å². The quantitative estimate of drug-likeness (QED) is 0.819. The lowest BCUT2D eigenvalue weighted by molar-refractivity contribution is -0.148. The molecule has 0 aromatic heterocycles. The van der Waals surface area contributed by atoms with Crippen LogP contribution in [-0.4, -0.2) is 35.0 Å². The predicted molar refractivity (Wildman–Crippen MR) is 91.6 cm³/mol. The fourth-order valence-electron chi connectivity index (χ4n) is 3.50. The Bertz CT molecular complexity index is 685. The summed E-state index contributed by atoms with van der Waals surface area (Å²) >= 11 is 3.42. The van der Waals surface area contributed by atoms with Crippen molar-refractivity contribution in [2.45, 2.75) is 37.6 Å². The van der Waals surface area contributed by atoms with Crippen LogP contribution in [-0.2, 0) is 14.4 Å². The smallest absolute Gasteiger partial charge is 0.329 e. The van der Waals surface area contributed by atoms with Crippen LogP contribution < -0.4 is 10.2 Å². The van der Waals surface area contributed by atoms with Crippen LogP contribution >= 0.6 is 15.9 Å². The van der Waals surface area contributed by atoms with Crippen molar-refractivity contribution in [3.8, 4) is 0 Å². The number of amides is 2. The molecule has 6 nitrogen and oxygen atoms in total. The van der Waals surface area contributed by atoms with E-state index in [9.17, 15) is 19.5 Å². The Kier molecular flexibility index (Phi) is 4.62. The molecule has 1 atom stereocenters. The van der Waals surface area contributed by atoms with Gasteiger partial charge in [0.05, 0.1) is 11.6 Å². The number of hydrogen-bond acceptors (Lipinski definition) is 3. The minimum atomic E-state index is -1.17. The van der Waals surface area contributed by atoms with Gasteiger partial charge < -0.3 is 15.3 Å². The molecule has 1 saturated carbocycles. The number of para-hydroxylation sites is 1. The summed E-state index contributed by atoms with van der Waals surface area (Å²) in [6.07, 6.45) is 2.58. The molecule has 24 heavy (non-hydrogen) atoms. The van der Waals surface area contributed by atoms with Gasteiger partial charge in [0.1, 0.15) is 5.54 Å². The minimum Gasteiger partial charge on any atom is -0.480 e. The van der Waals surface area contributed by atoms with Gasteiger partial charge >= 0.3 is 5.97 Å². The number of aliphatic carboxylic acids is 1. The van der Waals surface area contributed by atoms with Crippen LogP contribution in [0.4, 0.5) is 5.69 Å². The third kappa shape index (κ3) is 3.05. The zero-order valence-corrected chi connectivity index (χ0v) is 14.7. The van der Waals surface area contributed by atoms with Crippen molar-refractivity contribution in [3.63, 3.8) is 0 Å². The van der Waals surface area contributed by atoms with Crippen molar-refractivity contribution in [2.75, 3.05) is 11.4 Å². The Labute approximate surface area is 148 Å². The fourth-order valence-corrected chi connectivity index (χ4v) is 3.99. The highest BCUT2D eigenvalue weighted by atomic mass is 79.9. The maximum atomic E-state index is 12.6. The van der Waals surface area contributed by atoms with E-state index in [1.807, 2.05) is 24.3 Å². The molecule has 1 aromatic carbocycles. The molecule has 1 aromatic rings. The molecule has 0 radical (unpaired) electrons. The first-order valence-corrected chi connectivity index (χ1v) is 8.82. The zero-order chi connectivity index (χ0) is 17.3. The van der Waals surface area contributed by atoms with E-state index in [-0.39, 0.29) is 24.8 Å². The van der Waals surface area contributed by atoms with E-state index in [1.165, 1.54) is 0 Å². The average Bonchev–Trinajstić information content (AvgIpc) is 3.16. The fraction of sp³-hybridized carbons (Fsp3) is 0.471. The Hall–Kier alpha value is -1.89. The zero-order valence-electron chi connectivity index (χ0n) is 13.1. The number of halogens is 1. The number of carbonyl (C=O) groups excluding carboxylic acids is 2. The van der Waals surface area contributed by atoms with E-state index < -0.39 is 17.4 Å². The highest BCUT2D eigenvalue weighted by Crippen LogP contribution is 2.33. The number of anilines is 1. The molecule has 3 rings (SSSR count). The number of benzene rings is 1. The summed E-state index contributed by atoms with van der Waals surface area (Å²) in [6, 6.07) is 7.35. The first-order chi connectivity index (χ1) is 11.4. The molecule has 1 aliphatic heterocycles. The molecule has 2 amide bonds. The van der Waals surface area contributed by atoms with Crippen LogP contribution in [0.3, 0.4) is 0 Å². The normalized spacial score (nSPS) is 22.6. The molecule has 1 aliphatic carbocycles. The highest BCUT2D eigenvalue weighted by molar-refractivity contribution is 9.10. The van der Waals surface area contributed by atoms with Crippen molar-refractivity contribution >= 4 is 39.4 Å². The highest BCUT2D eigenvalue weighted by Gasteiger charge is 2.45. The average molecular weight is 395 g/mol. The summed E-state index contributed by atoms with van der Waals surface area (Å²) in [5.41, 5.74) is -0.437. The van der Waals surface area contributed by atoms with Crippen LogP contribution in [0.25, 0.3) is 0 Å². The summed E-state index contributed by atoms with van der Waals surface area (Å²) in [5.74, 6) is -1.98. The summed E-state index contributed by atoms with van der Waals surface area (Å²) in [5, 5.41) is 12.2. The lowest BCUT2D eigenvalue weighted by atomic mass is 9.96. The van der Waals surface area contributed by atoms with Gasteiger partial charge in [-0.2, -0.15) is 0 Å². The number of carboxylic acids is 1. The van der Waals surface area contributed by atoms with Gasteiger partial charge in [0, 0.05) is 17.4 Å². The van der Waals surface area contributed by atoms with Crippen molar-refractivity contribution in [1.82, 2.24) is 5.32 Å². The topological polar surface area (TPSA) is 86.7 Å². The van der Waals surface area contributed by atoms with Crippen molar-refractivity contribution in [3.05, 3.63) is 28.7 Å². The second-order valence-electron chi connectivity index (χ2n) is 6.44. The molecule has 0 spiro atoms. The molecule has 0 bridgehead atoms. The van der Waals surface area contributed by atoms with Crippen molar-refractivity contribution in [2.24, 2.45) is 5.92 Å². The molecular formula is C17H19BrN2O4. The summed E-state index contributed by atoms with van der Waals surface area (Å²) in [4.78, 5) is 38.0. The SMILES string of the molecule is O=C(NC1(C(=O)O)CCCC1)C1CC(=O)N(c2ccccc2Br)C1. The van der Waals surface area contributed by atoms with Crippen molar-refractivity contribution < 1.29 is 19.5 Å². The first-order valence-electron chi connectivity index (χ1n) is 8.03. The summed E-state index contributed by atoms with van der Waals surface area (Å²) < 4.78 is 0.789. The van der Waals surface area contributed by atoms with Crippen molar-refractivity contribution in [1.29, 1.82) is 0 Å². The number of nitrogens with one attached hydrogen (secondary N) is 1. The van der Waals surface area contributed by atoms with Gasteiger partial charge in [-0.1, -0.05) is 25.0 Å². The second-order valence-corrected chi connectivity index (χ2v) is 7.29. The van der Waals surface area contributed by atoms with Crippen LogP contribution in [0, 0.1) is 5.92 Å². The van der Waals surface area contributed by atoms with Crippen LogP contribution in [0.2, 0.25) is 0 Å². The van der Waals surface area contributed by atoms with Gasteiger partial charge in [-0.15, -0.1) is 0 Å². The number of hydrogen-bond donors (Lipinski definition) is 2. The van der Waals surface area contributed by atoms with Gasteiger partial charge in [0.2, 0.25) is 11.8 Å². The molecule has 1 heterocycles. The van der Waals surface area contributed by atoms with Gasteiger partial charge in [0.15, 0.2) is 0 Å². The molecule has 2 N–H and O–H groups in total. The van der Waals surface area contributed by atoms with Gasteiger partial charge in [-0.25, -0.2) is 4.79 Å². The van der Waals surface area contributed by atoms with E-state index in [0.717, 1.165) is 23.0 Å². The number of nitrogens with zero attached hydrogens (tertiary/aromatic N) is 1. The molecule has 128 valence electrons. The largest absolute Gasteiger partial charge is 0.480 e. The Morgan fingerprint density at radius 3 is 2.54 bits per heavy atom. The Morgan fingerprint density at radius 2 is 1.92 bits per heavy atom. The van der Waals surface area contributed by atoms with Crippen LogP contribution in [0.15, 0.2) is 28.7 Å². The molecule has 1 saturated heterocycles. The third-order valence-electron chi connectivity index (χ3n) is 4.87. The monoisotopic (exact) mass is 394 g/mol. The Morgan fingerprint density at radius 1 is 1.25 bits per heavy atom. The standard InChI is InChI=1S/C17H19BrN2O4/c18-12-5-1-2-6-13(12)20-10-11(9-14(20)21)15(22)19-17(16(23)24)7-3-4-8-17/h1-2,5-6,11H,3-4,7-10H2,(H,19,22)(H,23,24). The van der Waals surface area contributed by atoms with Gasteiger partial charge in [0.25, 0.3) is 0 Å².